The Hall–Kier alpha value is -0.250. The maximum atomic E-state index is 5.76. The van der Waals surface area contributed by atoms with E-state index in [1.54, 1.807) is 0 Å². The lowest BCUT2D eigenvalue weighted by Crippen LogP contribution is -2.20. The smallest absolute Gasteiger partial charge is 0.0525 e. The molecule has 1 unspecified atom stereocenters. The van der Waals surface area contributed by atoms with Gasteiger partial charge in [0, 0.05) is 25.2 Å². The maximum absolute atomic E-state index is 5.76. The van der Waals surface area contributed by atoms with Crippen LogP contribution in [0.3, 0.4) is 0 Å². The molecular weight excluding hydrogens is 197 g/mol. The van der Waals surface area contributed by atoms with E-state index in [1.807, 2.05) is 17.9 Å². The summed E-state index contributed by atoms with van der Waals surface area (Å²) in [4.78, 5) is 0. The second-order valence-electron chi connectivity index (χ2n) is 2.91. The van der Waals surface area contributed by atoms with Gasteiger partial charge < -0.3 is 5.73 Å². The van der Waals surface area contributed by atoms with Crippen LogP contribution in [0.1, 0.15) is 11.3 Å². The van der Waals surface area contributed by atoms with Gasteiger partial charge in [0.1, 0.15) is 0 Å². The lowest BCUT2D eigenvalue weighted by molar-refractivity contribution is 0.655. The van der Waals surface area contributed by atoms with E-state index in [4.69, 9.17) is 5.73 Å². The Morgan fingerprint density at radius 1 is 1.50 bits per heavy atom. The van der Waals surface area contributed by atoms with E-state index >= 15 is 0 Å². The minimum Gasteiger partial charge on any atom is -0.327 e. The number of fused-ring (bicyclic) bond motifs is 1. The highest BCUT2D eigenvalue weighted by Crippen LogP contribution is 2.19. The Morgan fingerprint density at radius 3 is 2.75 bits per heavy atom. The first-order chi connectivity index (χ1) is 4.77. The molecule has 0 saturated carbocycles. The fraction of sp³-hybridized carbons (Fsp3) is 0.571. The first-order valence-electron chi connectivity index (χ1n) is 3.52. The number of nitrogens with two attached hydrogens (primary N) is 1. The van der Waals surface area contributed by atoms with Gasteiger partial charge in [-0.3, -0.25) is 4.68 Å². The van der Waals surface area contributed by atoms with Crippen molar-refractivity contribution in [3.8, 4) is 0 Å². The molecule has 1 heterocycles. The average Bonchev–Trinajstić information content (AvgIpc) is 2.35. The Labute approximate surface area is 84.1 Å². The summed E-state index contributed by atoms with van der Waals surface area (Å²) < 4.78 is 1.92. The van der Waals surface area contributed by atoms with Crippen LogP contribution in [-0.4, -0.2) is 15.8 Å². The summed E-state index contributed by atoms with van der Waals surface area (Å²) in [6.45, 7) is 0. The van der Waals surface area contributed by atoms with E-state index in [2.05, 4.69) is 5.10 Å². The summed E-state index contributed by atoms with van der Waals surface area (Å²) in [5, 5.41) is 4.13. The third-order valence-corrected chi connectivity index (χ3v) is 2.09. The quantitative estimate of drug-likeness (QED) is 0.684. The van der Waals surface area contributed by atoms with E-state index in [-0.39, 0.29) is 24.8 Å². The van der Waals surface area contributed by atoms with Gasteiger partial charge in [-0.15, -0.1) is 24.8 Å². The molecule has 70 valence electrons. The number of aromatic nitrogens is 2. The van der Waals surface area contributed by atoms with Gasteiger partial charge in [-0.05, 0) is 12.0 Å². The summed E-state index contributed by atoms with van der Waals surface area (Å²) in [5.74, 6) is 0. The molecule has 1 aromatic heterocycles. The lowest BCUT2D eigenvalue weighted by atomic mass is 10.2. The van der Waals surface area contributed by atoms with E-state index in [9.17, 15) is 0 Å². The van der Waals surface area contributed by atoms with Crippen LogP contribution in [0, 0.1) is 0 Å². The minimum atomic E-state index is 0. The molecule has 0 radical (unpaired) electrons. The van der Waals surface area contributed by atoms with Crippen LogP contribution < -0.4 is 5.73 Å². The largest absolute Gasteiger partial charge is 0.327 e. The van der Waals surface area contributed by atoms with Crippen molar-refractivity contribution >= 4 is 24.8 Å². The van der Waals surface area contributed by atoms with Crippen molar-refractivity contribution in [2.24, 2.45) is 12.8 Å². The summed E-state index contributed by atoms with van der Waals surface area (Å²) in [5.41, 5.74) is 8.40. The predicted molar refractivity (Wildman–Crippen MR) is 53.1 cm³/mol. The highest BCUT2D eigenvalue weighted by atomic mass is 35.5. The minimum absolute atomic E-state index is 0. The zero-order valence-electron chi connectivity index (χ0n) is 6.86. The lowest BCUT2D eigenvalue weighted by Gasteiger charge is -1.98. The second kappa shape index (κ2) is 4.12. The van der Waals surface area contributed by atoms with E-state index < -0.39 is 0 Å². The summed E-state index contributed by atoms with van der Waals surface area (Å²) in [6.07, 6.45) is 3.91. The Balaban J connectivity index is 0.000000605. The average molecular weight is 210 g/mol. The van der Waals surface area contributed by atoms with Crippen molar-refractivity contribution in [3.63, 3.8) is 0 Å². The molecule has 0 amide bonds. The molecule has 2 rings (SSSR count). The SMILES string of the molecule is Cl.Cl.Cn1ncc2c1CC(N)C2. The first kappa shape index (κ1) is 11.8. The Kier molecular flexibility index (Phi) is 4.03. The van der Waals surface area contributed by atoms with Crippen LogP contribution in [0.4, 0.5) is 0 Å². The monoisotopic (exact) mass is 209 g/mol. The molecule has 1 aromatic rings. The van der Waals surface area contributed by atoms with E-state index in [0.29, 0.717) is 6.04 Å². The highest BCUT2D eigenvalue weighted by molar-refractivity contribution is 5.85. The van der Waals surface area contributed by atoms with Crippen molar-refractivity contribution < 1.29 is 0 Å². The van der Waals surface area contributed by atoms with Crippen LogP contribution in [0.25, 0.3) is 0 Å². The number of halogens is 2. The van der Waals surface area contributed by atoms with E-state index in [0.717, 1.165) is 12.8 Å². The maximum Gasteiger partial charge on any atom is 0.0525 e. The predicted octanol–water partition coefficient (Wildman–Crippen LogP) is 0.690. The summed E-state index contributed by atoms with van der Waals surface area (Å²) in [6, 6.07) is 0.333. The fourth-order valence-corrected chi connectivity index (χ4v) is 1.55. The van der Waals surface area contributed by atoms with Crippen LogP contribution in [0.2, 0.25) is 0 Å². The van der Waals surface area contributed by atoms with Gasteiger partial charge in [0.2, 0.25) is 0 Å². The summed E-state index contributed by atoms with van der Waals surface area (Å²) in [7, 11) is 1.97. The number of hydrogen-bond donors (Lipinski definition) is 1. The molecule has 0 spiro atoms. The molecule has 1 aliphatic rings. The van der Waals surface area contributed by atoms with Gasteiger partial charge in [-0.25, -0.2) is 0 Å². The Bertz CT molecular complexity index is 259. The normalized spacial score (nSPS) is 19.3. The number of nitrogens with zero attached hydrogens (tertiary/aromatic N) is 2. The van der Waals surface area contributed by atoms with Crippen molar-refractivity contribution in [1.82, 2.24) is 9.78 Å². The molecule has 5 heteroatoms. The molecular formula is C7H13Cl2N3. The van der Waals surface area contributed by atoms with Gasteiger partial charge >= 0.3 is 0 Å². The van der Waals surface area contributed by atoms with Gasteiger partial charge in [0.05, 0.1) is 6.20 Å². The number of rotatable bonds is 0. The third-order valence-electron chi connectivity index (χ3n) is 2.09. The van der Waals surface area contributed by atoms with Crippen molar-refractivity contribution in [2.45, 2.75) is 18.9 Å². The van der Waals surface area contributed by atoms with Crippen molar-refractivity contribution in [3.05, 3.63) is 17.5 Å². The zero-order valence-corrected chi connectivity index (χ0v) is 8.49. The Morgan fingerprint density at radius 2 is 2.17 bits per heavy atom. The molecule has 0 fully saturated rings. The second-order valence-corrected chi connectivity index (χ2v) is 2.91. The molecule has 0 aromatic carbocycles. The molecule has 1 atom stereocenters. The van der Waals surface area contributed by atoms with Crippen LogP contribution in [-0.2, 0) is 19.9 Å². The molecule has 0 aliphatic heterocycles. The molecule has 1 aliphatic carbocycles. The summed E-state index contributed by atoms with van der Waals surface area (Å²) >= 11 is 0. The topological polar surface area (TPSA) is 43.8 Å². The molecule has 0 bridgehead atoms. The van der Waals surface area contributed by atoms with Gasteiger partial charge in [0.15, 0.2) is 0 Å². The molecule has 2 N–H and O–H groups in total. The zero-order chi connectivity index (χ0) is 7.14. The third kappa shape index (κ3) is 1.73. The fourth-order valence-electron chi connectivity index (χ4n) is 1.55. The van der Waals surface area contributed by atoms with Crippen molar-refractivity contribution in [1.29, 1.82) is 0 Å². The first-order valence-corrected chi connectivity index (χ1v) is 3.52. The van der Waals surface area contributed by atoms with Crippen molar-refractivity contribution in [2.75, 3.05) is 0 Å². The molecule has 12 heavy (non-hydrogen) atoms. The van der Waals surface area contributed by atoms with Crippen LogP contribution in [0.15, 0.2) is 6.20 Å². The van der Waals surface area contributed by atoms with Gasteiger partial charge in [-0.2, -0.15) is 5.10 Å². The van der Waals surface area contributed by atoms with Crippen LogP contribution >= 0.6 is 24.8 Å². The number of aryl methyl sites for hydroxylation is 1. The van der Waals surface area contributed by atoms with E-state index in [1.165, 1.54) is 11.3 Å². The highest BCUT2D eigenvalue weighted by Gasteiger charge is 2.20. The number of hydrogen-bond acceptors (Lipinski definition) is 2. The van der Waals surface area contributed by atoms with Gasteiger partial charge in [-0.1, -0.05) is 0 Å². The van der Waals surface area contributed by atoms with Gasteiger partial charge in [0.25, 0.3) is 0 Å². The molecule has 3 nitrogen and oxygen atoms in total. The van der Waals surface area contributed by atoms with Crippen LogP contribution in [0.5, 0.6) is 0 Å². The standard InChI is InChI=1S/C7H11N3.2ClH/c1-10-7-3-6(8)2-5(7)4-9-10;;/h4,6H,2-3,8H2,1H3;2*1H. The molecule has 0 saturated heterocycles.